The van der Waals surface area contributed by atoms with Gasteiger partial charge in [0.25, 0.3) is 0 Å². The number of halogens is 1. The van der Waals surface area contributed by atoms with Gasteiger partial charge in [0.2, 0.25) is 11.8 Å². The van der Waals surface area contributed by atoms with Gasteiger partial charge in [-0.15, -0.1) is 0 Å². The van der Waals surface area contributed by atoms with E-state index in [0.29, 0.717) is 36.1 Å². The lowest BCUT2D eigenvalue weighted by atomic mass is 9.81. The number of methoxy groups -OCH3 is 1. The highest BCUT2D eigenvalue weighted by Gasteiger charge is 2.43. The lowest BCUT2D eigenvalue weighted by molar-refractivity contribution is -0.141. The Morgan fingerprint density at radius 3 is 2.22 bits per heavy atom. The fourth-order valence-electron chi connectivity index (χ4n) is 5.32. The SMILES string of the molecule is COc1ccc(N2C(=O)CC[C@H](C(=O)N3C[C@H](C)C[C@H](C)C3)[C@H]2c2ccc(F)cc2)cc1. The molecular weight excluding hydrogens is 407 g/mol. The minimum Gasteiger partial charge on any atom is -0.497 e. The second-order valence-corrected chi connectivity index (χ2v) is 9.29. The minimum absolute atomic E-state index is 0.0334. The Hall–Kier alpha value is -2.89. The summed E-state index contributed by atoms with van der Waals surface area (Å²) in [7, 11) is 1.59. The van der Waals surface area contributed by atoms with Gasteiger partial charge in [0, 0.05) is 25.2 Å². The first kappa shape index (κ1) is 22.3. The molecule has 4 atom stereocenters. The van der Waals surface area contributed by atoms with Crippen LogP contribution in [0.1, 0.15) is 44.7 Å². The smallest absolute Gasteiger partial charge is 0.228 e. The second kappa shape index (κ2) is 9.31. The molecular formula is C26H31FN2O3. The molecule has 4 rings (SSSR count). The summed E-state index contributed by atoms with van der Waals surface area (Å²) in [5, 5.41) is 0. The summed E-state index contributed by atoms with van der Waals surface area (Å²) < 4.78 is 19.0. The number of nitrogens with zero attached hydrogens (tertiary/aromatic N) is 2. The van der Waals surface area contributed by atoms with Crippen LogP contribution >= 0.6 is 0 Å². The van der Waals surface area contributed by atoms with Crippen molar-refractivity contribution in [1.29, 1.82) is 0 Å². The molecule has 2 aromatic rings. The van der Waals surface area contributed by atoms with Crippen molar-refractivity contribution in [3.05, 3.63) is 59.9 Å². The van der Waals surface area contributed by atoms with E-state index in [4.69, 9.17) is 4.74 Å². The molecule has 2 aromatic carbocycles. The van der Waals surface area contributed by atoms with Crippen LogP contribution in [0.2, 0.25) is 0 Å². The van der Waals surface area contributed by atoms with Crippen molar-refractivity contribution in [3.8, 4) is 5.75 Å². The van der Waals surface area contributed by atoms with Gasteiger partial charge in [0.15, 0.2) is 0 Å². The van der Waals surface area contributed by atoms with Gasteiger partial charge < -0.3 is 14.5 Å². The maximum absolute atomic E-state index is 13.8. The monoisotopic (exact) mass is 438 g/mol. The molecule has 2 aliphatic heterocycles. The summed E-state index contributed by atoms with van der Waals surface area (Å²) in [6.45, 7) is 5.85. The molecule has 2 fully saturated rings. The van der Waals surface area contributed by atoms with Gasteiger partial charge in [-0.1, -0.05) is 26.0 Å². The molecule has 0 N–H and O–H groups in total. The van der Waals surface area contributed by atoms with E-state index in [2.05, 4.69) is 13.8 Å². The lowest BCUT2D eigenvalue weighted by Gasteiger charge is -2.44. The zero-order chi connectivity index (χ0) is 22.8. The van der Waals surface area contributed by atoms with Gasteiger partial charge in [-0.05, 0) is 66.6 Å². The molecule has 2 aliphatic rings. The van der Waals surface area contributed by atoms with Gasteiger partial charge in [0.1, 0.15) is 11.6 Å². The van der Waals surface area contributed by atoms with Crippen molar-refractivity contribution in [2.75, 3.05) is 25.1 Å². The van der Waals surface area contributed by atoms with Gasteiger partial charge in [-0.25, -0.2) is 4.39 Å². The Bertz CT molecular complexity index is 950. The average Bonchev–Trinajstić information content (AvgIpc) is 2.78. The summed E-state index contributed by atoms with van der Waals surface area (Å²) in [5.41, 5.74) is 1.48. The number of carbonyl (C=O) groups excluding carboxylic acids is 2. The topological polar surface area (TPSA) is 49.9 Å². The lowest BCUT2D eigenvalue weighted by Crippen LogP contribution is -2.52. The van der Waals surface area contributed by atoms with Crippen LogP contribution in [0.15, 0.2) is 48.5 Å². The minimum atomic E-state index is -0.481. The third-order valence-corrected chi connectivity index (χ3v) is 6.66. The summed E-state index contributed by atoms with van der Waals surface area (Å²) in [4.78, 5) is 30.6. The van der Waals surface area contributed by atoms with Crippen molar-refractivity contribution in [2.24, 2.45) is 17.8 Å². The van der Waals surface area contributed by atoms with Gasteiger partial charge in [0.05, 0.1) is 19.1 Å². The summed E-state index contributed by atoms with van der Waals surface area (Å²) in [5.74, 6) is 0.939. The number of amides is 2. The first-order chi connectivity index (χ1) is 15.4. The maximum atomic E-state index is 13.8. The Kier molecular flexibility index (Phi) is 6.49. The summed E-state index contributed by atoms with van der Waals surface area (Å²) >= 11 is 0. The van der Waals surface area contributed by atoms with Crippen LogP contribution in [0.4, 0.5) is 10.1 Å². The summed E-state index contributed by atoms with van der Waals surface area (Å²) in [6.07, 6.45) is 1.91. The normalized spacial score (nSPS) is 26.2. The van der Waals surface area contributed by atoms with E-state index in [0.717, 1.165) is 25.1 Å². The third-order valence-electron chi connectivity index (χ3n) is 6.66. The van der Waals surface area contributed by atoms with Gasteiger partial charge in [-0.2, -0.15) is 0 Å². The second-order valence-electron chi connectivity index (χ2n) is 9.29. The van der Waals surface area contributed by atoms with Crippen molar-refractivity contribution >= 4 is 17.5 Å². The van der Waals surface area contributed by atoms with Gasteiger partial charge >= 0.3 is 0 Å². The first-order valence-corrected chi connectivity index (χ1v) is 11.4. The molecule has 0 spiro atoms. The van der Waals surface area contributed by atoms with E-state index >= 15 is 0 Å². The van der Waals surface area contributed by atoms with E-state index in [-0.39, 0.29) is 23.5 Å². The molecule has 0 unspecified atom stereocenters. The average molecular weight is 439 g/mol. The molecule has 0 aromatic heterocycles. The molecule has 0 radical (unpaired) electrons. The van der Waals surface area contributed by atoms with Crippen molar-refractivity contribution in [3.63, 3.8) is 0 Å². The quantitative estimate of drug-likeness (QED) is 0.688. The van der Waals surface area contributed by atoms with Crippen molar-refractivity contribution in [2.45, 2.75) is 39.2 Å². The van der Waals surface area contributed by atoms with E-state index in [1.54, 1.807) is 24.1 Å². The van der Waals surface area contributed by atoms with Crippen LogP contribution in [0, 0.1) is 23.6 Å². The number of ether oxygens (including phenoxy) is 1. The Balaban J connectivity index is 1.73. The Morgan fingerprint density at radius 2 is 1.62 bits per heavy atom. The van der Waals surface area contributed by atoms with Crippen LogP contribution in [0.25, 0.3) is 0 Å². The number of hydrogen-bond donors (Lipinski definition) is 0. The highest BCUT2D eigenvalue weighted by molar-refractivity contribution is 5.97. The predicted octanol–water partition coefficient (Wildman–Crippen LogP) is 4.82. The third kappa shape index (κ3) is 4.50. The highest BCUT2D eigenvalue weighted by atomic mass is 19.1. The number of carbonyl (C=O) groups is 2. The first-order valence-electron chi connectivity index (χ1n) is 11.4. The number of likely N-dealkylation sites (tertiary alicyclic amines) is 1. The summed E-state index contributed by atoms with van der Waals surface area (Å²) in [6, 6.07) is 13.0. The molecule has 6 heteroatoms. The largest absolute Gasteiger partial charge is 0.497 e. The number of benzene rings is 2. The van der Waals surface area contributed by atoms with Crippen LogP contribution in [-0.2, 0) is 9.59 Å². The predicted molar refractivity (Wildman–Crippen MR) is 122 cm³/mol. The van der Waals surface area contributed by atoms with Crippen molar-refractivity contribution < 1.29 is 18.7 Å². The Morgan fingerprint density at radius 1 is 1.00 bits per heavy atom. The van der Waals surface area contributed by atoms with E-state index in [1.807, 2.05) is 29.2 Å². The number of rotatable bonds is 4. The number of anilines is 1. The van der Waals surface area contributed by atoms with E-state index < -0.39 is 6.04 Å². The Labute approximate surface area is 189 Å². The number of hydrogen-bond acceptors (Lipinski definition) is 3. The zero-order valence-electron chi connectivity index (χ0n) is 19.0. The zero-order valence-corrected chi connectivity index (χ0v) is 19.0. The highest BCUT2D eigenvalue weighted by Crippen LogP contribution is 2.41. The van der Waals surface area contributed by atoms with Crippen LogP contribution in [0.5, 0.6) is 5.75 Å². The molecule has 0 bridgehead atoms. The standard InChI is InChI=1S/C26H31FN2O3/c1-17-14-18(2)16-28(15-17)26(31)23-12-13-24(30)29(21-8-10-22(32-3)11-9-21)25(23)19-4-6-20(27)7-5-19/h4-11,17-18,23,25H,12-16H2,1-3H3/t17-,18+,23-,25+/m0/s1. The molecule has 2 saturated heterocycles. The van der Waals surface area contributed by atoms with Gasteiger partial charge in [-0.3, -0.25) is 9.59 Å². The fraction of sp³-hybridized carbons (Fsp3) is 0.462. The molecule has 2 heterocycles. The van der Waals surface area contributed by atoms with Crippen molar-refractivity contribution in [1.82, 2.24) is 4.90 Å². The molecule has 32 heavy (non-hydrogen) atoms. The molecule has 0 aliphatic carbocycles. The molecule has 0 saturated carbocycles. The molecule has 2 amide bonds. The van der Waals surface area contributed by atoms with Crippen LogP contribution < -0.4 is 9.64 Å². The fourth-order valence-corrected chi connectivity index (χ4v) is 5.32. The van der Waals surface area contributed by atoms with E-state index in [1.165, 1.54) is 12.1 Å². The van der Waals surface area contributed by atoms with E-state index in [9.17, 15) is 14.0 Å². The molecule has 170 valence electrons. The maximum Gasteiger partial charge on any atom is 0.228 e. The van der Waals surface area contributed by atoms with Crippen LogP contribution in [-0.4, -0.2) is 36.9 Å². The van der Waals surface area contributed by atoms with Crippen LogP contribution in [0.3, 0.4) is 0 Å². The number of piperidine rings is 2. The molecule has 5 nitrogen and oxygen atoms in total.